The normalized spacial score (nSPS) is 15.8. The Morgan fingerprint density at radius 3 is 2.94 bits per heavy atom. The first-order valence-electron chi connectivity index (χ1n) is 5.37. The second-order valence-corrected chi connectivity index (χ2v) is 4.02. The van der Waals surface area contributed by atoms with E-state index in [1.165, 1.54) is 0 Å². The zero-order valence-electron chi connectivity index (χ0n) is 9.56. The monoisotopic (exact) mass is 220 g/mol. The van der Waals surface area contributed by atoms with Crippen LogP contribution in [0.5, 0.6) is 5.75 Å². The van der Waals surface area contributed by atoms with Crippen molar-refractivity contribution in [3.05, 3.63) is 23.8 Å². The summed E-state index contributed by atoms with van der Waals surface area (Å²) in [6.45, 7) is 2.42. The first-order chi connectivity index (χ1) is 7.63. The Bertz CT molecular complexity index is 415. The highest BCUT2D eigenvalue weighted by Gasteiger charge is 2.26. The number of benzene rings is 1. The highest BCUT2D eigenvalue weighted by Crippen LogP contribution is 2.31. The molecule has 1 aromatic rings. The van der Waals surface area contributed by atoms with Crippen LogP contribution in [0, 0.1) is 0 Å². The molecule has 0 saturated carbocycles. The van der Waals surface area contributed by atoms with Crippen molar-refractivity contribution in [1.82, 2.24) is 0 Å². The molecule has 0 spiro atoms. The topological polar surface area (TPSA) is 55.6 Å². The quantitative estimate of drug-likeness (QED) is 0.806. The van der Waals surface area contributed by atoms with E-state index in [1.54, 1.807) is 18.9 Å². The Morgan fingerprint density at radius 1 is 1.56 bits per heavy atom. The Labute approximate surface area is 95.0 Å². The largest absolute Gasteiger partial charge is 0.497 e. The fourth-order valence-corrected chi connectivity index (χ4v) is 1.98. The standard InChI is InChI=1S/C12H16N2O2/c1-8(13)12(15)14-6-5-9-7-10(16-2)3-4-11(9)14/h3-4,7-8H,5-6,13H2,1-2H3/t8-/m0/s1. The summed E-state index contributed by atoms with van der Waals surface area (Å²) in [5.41, 5.74) is 7.72. The molecule has 1 aliphatic rings. The molecule has 0 saturated heterocycles. The molecule has 2 N–H and O–H groups in total. The van der Waals surface area contributed by atoms with Crippen molar-refractivity contribution in [1.29, 1.82) is 0 Å². The second kappa shape index (κ2) is 4.14. The molecule has 1 amide bonds. The highest BCUT2D eigenvalue weighted by molar-refractivity contribution is 5.98. The average Bonchev–Trinajstić information content (AvgIpc) is 2.70. The maximum absolute atomic E-state index is 11.8. The zero-order valence-corrected chi connectivity index (χ0v) is 9.56. The molecule has 2 rings (SSSR count). The lowest BCUT2D eigenvalue weighted by atomic mass is 10.1. The van der Waals surface area contributed by atoms with Gasteiger partial charge in [0.25, 0.3) is 0 Å². The molecule has 0 unspecified atom stereocenters. The fourth-order valence-electron chi connectivity index (χ4n) is 1.98. The van der Waals surface area contributed by atoms with Gasteiger partial charge >= 0.3 is 0 Å². The Kier molecular flexibility index (Phi) is 2.83. The van der Waals surface area contributed by atoms with E-state index in [0.29, 0.717) is 6.54 Å². The van der Waals surface area contributed by atoms with Gasteiger partial charge in [-0.1, -0.05) is 0 Å². The lowest BCUT2D eigenvalue weighted by Crippen LogP contribution is -2.41. The van der Waals surface area contributed by atoms with Crippen molar-refractivity contribution in [2.75, 3.05) is 18.6 Å². The van der Waals surface area contributed by atoms with Crippen LogP contribution in [0.15, 0.2) is 18.2 Å². The third-order valence-electron chi connectivity index (χ3n) is 2.84. The highest BCUT2D eigenvalue weighted by atomic mass is 16.5. The molecular weight excluding hydrogens is 204 g/mol. The summed E-state index contributed by atoms with van der Waals surface area (Å²) in [7, 11) is 1.64. The summed E-state index contributed by atoms with van der Waals surface area (Å²) in [5, 5.41) is 0. The number of anilines is 1. The Morgan fingerprint density at radius 2 is 2.31 bits per heavy atom. The number of hydrogen-bond acceptors (Lipinski definition) is 3. The Balaban J connectivity index is 2.30. The number of nitrogens with two attached hydrogens (primary N) is 1. The molecule has 86 valence electrons. The van der Waals surface area contributed by atoms with Crippen molar-refractivity contribution >= 4 is 11.6 Å². The minimum atomic E-state index is -0.451. The van der Waals surface area contributed by atoms with Crippen LogP contribution in [-0.2, 0) is 11.2 Å². The first kappa shape index (κ1) is 11.0. The lowest BCUT2D eigenvalue weighted by molar-refractivity contribution is -0.119. The molecule has 0 bridgehead atoms. The smallest absolute Gasteiger partial charge is 0.243 e. The molecule has 0 aromatic heterocycles. The number of fused-ring (bicyclic) bond motifs is 1. The van der Waals surface area contributed by atoms with Gasteiger partial charge in [0.05, 0.1) is 13.2 Å². The predicted octanol–water partition coefficient (Wildman–Crippen LogP) is 0.931. The molecule has 1 atom stereocenters. The number of ether oxygens (including phenoxy) is 1. The van der Waals surface area contributed by atoms with Crippen LogP contribution in [0.2, 0.25) is 0 Å². The number of methoxy groups -OCH3 is 1. The number of carbonyl (C=O) groups is 1. The van der Waals surface area contributed by atoms with Gasteiger partial charge < -0.3 is 15.4 Å². The molecule has 4 heteroatoms. The summed E-state index contributed by atoms with van der Waals surface area (Å²) in [5.74, 6) is 0.803. The van der Waals surface area contributed by atoms with E-state index in [1.807, 2.05) is 18.2 Å². The molecule has 0 aliphatic carbocycles. The van der Waals surface area contributed by atoms with Crippen LogP contribution in [0.3, 0.4) is 0 Å². The maximum atomic E-state index is 11.8. The van der Waals surface area contributed by atoms with Crippen LogP contribution < -0.4 is 15.4 Å². The van der Waals surface area contributed by atoms with Gasteiger partial charge in [-0.15, -0.1) is 0 Å². The molecular formula is C12H16N2O2. The Hall–Kier alpha value is -1.55. The van der Waals surface area contributed by atoms with Crippen molar-refractivity contribution in [2.45, 2.75) is 19.4 Å². The molecule has 16 heavy (non-hydrogen) atoms. The van der Waals surface area contributed by atoms with Gasteiger partial charge in [0.2, 0.25) is 5.91 Å². The number of carbonyl (C=O) groups excluding carboxylic acids is 1. The van der Waals surface area contributed by atoms with E-state index in [2.05, 4.69) is 0 Å². The number of rotatable bonds is 2. The molecule has 1 heterocycles. The number of amides is 1. The molecule has 0 fully saturated rings. The van der Waals surface area contributed by atoms with E-state index in [0.717, 1.165) is 23.4 Å². The SMILES string of the molecule is COc1ccc2c(c1)CCN2C(=O)[C@H](C)N. The van der Waals surface area contributed by atoms with Gasteiger partial charge in [0.1, 0.15) is 5.75 Å². The van der Waals surface area contributed by atoms with E-state index in [9.17, 15) is 4.79 Å². The van der Waals surface area contributed by atoms with Crippen LogP contribution in [-0.4, -0.2) is 25.6 Å². The summed E-state index contributed by atoms with van der Waals surface area (Å²) < 4.78 is 5.15. The second-order valence-electron chi connectivity index (χ2n) is 4.02. The summed E-state index contributed by atoms with van der Waals surface area (Å²) in [4.78, 5) is 13.6. The summed E-state index contributed by atoms with van der Waals surface area (Å²) in [6, 6.07) is 5.31. The van der Waals surface area contributed by atoms with E-state index >= 15 is 0 Å². The number of hydrogen-bond donors (Lipinski definition) is 1. The predicted molar refractivity (Wildman–Crippen MR) is 62.7 cm³/mol. The summed E-state index contributed by atoms with van der Waals surface area (Å²) in [6.07, 6.45) is 0.866. The number of nitrogens with zero attached hydrogens (tertiary/aromatic N) is 1. The average molecular weight is 220 g/mol. The van der Waals surface area contributed by atoms with Crippen molar-refractivity contribution in [2.24, 2.45) is 5.73 Å². The summed E-state index contributed by atoms with van der Waals surface area (Å²) >= 11 is 0. The van der Waals surface area contributed by atoms with Crippen molar-refractivity contribution in [3.8, 4) is 5.75 Å². The van der Waals surface area contributed by atoms with Gasteiger partial charge in [-0.3, -0.25) is 4.79 Å². The molecule has 1 aromatic carbocycles. The third-order valence-corrected chi connectivity index (χ3v) is 2.84. The van der Waals surface area contributed by atoms with Gasteiger partial charge in [0, 0.05) is 12.2 Å². The van der Waals surface area contributed by atoms with E-state index < -0.39 is 6.04 Å². The molecule has 4 nitrogen and oxygen atoms in total. The van der Waals surface area contributed by atoms with E-state index in [-0.39, 0.29) is 5.91 Å². The van der Waals surface area contributed by atoms with E-state index in [4.69, 9.17) is 10.5 Å². The fraction of sp³-hybridized carbons (Fsp3) is 0.417. The molecule has 1 aliphatic heterocycles. The van der Waals surface area contributed by atoms with Crippen LogP contribution in [0.4, 0.5) is 5.69 Å². The van der Waals surface area contributed by atoms with Gasteiger partial charge in [-0.25, -0.2) is 0 Å². The van der Waals surface area contributed by atoms with Crippen LogP contribution >= 0.6 is 0 Å². The minimum Gasteiger partial charge on any atom is -0.497 e. The van der Waals surface area contributed by atoms with Crippen LogP contribution in [0.1, 0.15) is 12.5 Å². The zero-order chi connectivity index (χ0) is 11.7. The van der Waals surface area contributed by atoms with Gasteiger partial charge in [0.15, 0.2) is 0 Å². The first-order valence-corrected chi connectivity index (χ1v) is 5.37. The molecule has 0 radical (unpaired) electrons. The lowest BCUT2D eigenvalue weighted by Gasteiger charge is -2.19. The van der Waals surface area contributed by atoms with Crippen molar-refractivity contribution in [3.63, 3.8) is 0 Å². The van der Waals surface area contributed by atoms with Crippen molar-refractivity contribution < 1.29 is 9.53 Å². The minimum absolute atomic E-state index is 0.0242. The third kappa shape index (κ3) is 1.76. The maximum Gasteiger partial charge on any atom is 0.243 e. The van der Waals surface area contributed by atoms with Gasteiger partial charge in [-0.05, 0) is 37.1 Å². The van der Waals surface area contributed by atoms with Gasteiger partial charge in [-0.2, -0.15) is 0 Å². The van der Waals surface area contributed by atoms with Crippen LogP contribution in [0.25, 0.3) is 0 Å².